The minimum atomic E-state index is 0.741. The van der Waals surface area contributed by atoms with Crippen LogP contribution in [0.3, 0.4) is 0 Å². The lowest BCUT2D eigenvalue weighted by Gasteiger charge is -2.14. The Morgan fingerprint density at radius 2 is 1.68 bits per heavy atom. The van der Waals surface area contributed by atoms with Crippen LogP contribution in [0.25, 0.3) is 11.1 Å². The van der Waals surface area contributed by atoms with Crippen molar-refractivity contribution < 1.29 is 9.47 Å². The molecule has 2 rings (SSSR count). The number of hydrogen-bond donors (Lipinski definition) is 1. The summed E-state index contributed by atoms with van der Waals surface area (Å²) in [6.07, 6.45) is 0. The second-order valence-electron chi connectivity index (χ2n) is 4.32. The molecule has 0 spiro atoms. The van der Waals surface area contributed by atoms with Gasteiger partial charge in [-0.3, -0.25) is 0 Å². The first-order chi connectivity index (χ1) is 9.21. The van der Waals surface area contributed by atoms with Gasteiger partial charge < -0.3 is 14.8 Å². The van der Waals surface area contributed by atoms with Crippen LogP contribution < -0.4 is 14.8 Å². The summed E-state index contributed by atoms with van der Waals surface area (Å²) >= 11 is 0. The highest BCUT2D eigenvalue weighted by atomic mass is 16.5. The lowest BCUT2D eigenvalue weighted by atomic mass is 9.98. The van der Waals surface area contributed by atoms with Crippen molar-refractivity contribution in [2.75, 3.05) is 26.6 Å². The standard InChI is InChI=1S/C16H19NO2/c1-11-6-5-7-13(17-2)16(11)12-8-9-14(18-3)15(10-12)19-4/h5-10,17H,1-4H3. The van der Waals surface area contributed by atoms with Gasteiger partial charge in [0, 0.05) is 18.3 Å². The molecule has 0 fully saturated rings. The maximum atomic E-state index is 5.37. The molecule has 0 unspecified atom stereocenters. The number of nitrogens with one attached hydrogen (secondary N) is 1. The van der Waals surface area contributed by atoms with Crippen LogP contribution in [0, 0.1) is 6.92 Å². The third kappa shape index (κ3) is 2.50. The number of methoxy groups -OCH3 is 2. The van der Waals surface area contributed by atoms with Gasteiger partial charge in [-0.15, -0.1) is 0 Å². The SMILES string of the molecule is CNc1cccc(C)c1-c1ccc(OC)c(OC)c1. The van der Waals surface area contributed by atoms with Crippen LogP contribution in [-0.4, -0.2) is 21.3 Å². The molecule has 0 atom stereocenters. The first-order valence-corrected chi connectivity index (χ1v) is 6.21. The summed E-state index contributed by atoms with van der Waals surface area (Å²) in [7, 11) is 5.22. The topological polar surface area (TPSA) is 30.5 Å². The van der Waals surface area contributed by atoms with Gasteiger partial charge in [0.25, 0.3) is 0 Å². The Balaban J connectivity index is 2.59. The van der Waals surface area contributed by atoms with E-state index in [2.05, 4.69) is 24.4 Å². The molecule has 0 amide bonds. The van der Waals surface area contributed by atoms with Gasteiger partial charge in [0.05, 0.1) is 14.2 Å². The zero-order valence-electron chi connectivity index (χ0n) is 11.8. The second-order valence-corrected chi connectivity index (χ2v) is 4.32. The number of ether oxygens (including phenoxy) is 2. The van der Waals surface area contributed by atoms with E-state index in [1.165, 1.54) is 11.1 Å². The summed E-state index contributed by atoms with van der Waals surface area (Å²) in [5, 5.41) is 3.23. The molecule has 0 radical (unpaired) electrons. The highest BCUT2D eigenvalue weighted by molar-refractivity contribution is 5.81. The van der Waals surface area contributed by atoms with Crippen LogP contribution in [0.2, 0.25) is 0 Å². The highest BCUT2D eigenvalue weighted by Crippen LogP contribution is 2.36. The van der Waals surface area contributed by atoms with Crippen molar-refractivity contribution in [3.63, 3.8) is 0 Å². The normalized spacial score (nSPS) is 10.1. The van der Waals surface area contributed by atoms with Gasteiger partial charge >= 0.3 is 0 Å². The summed E-state index contributed by atoms with van der Waals surface area (Å²) in [6, 6.07) is 12.2. The molecule has 0 saturated carbocycles. The average molecular weight is 257 g/mol. The van der Waals surface area contributed by atoms with Crippen molar-refractivity contribution >= 4 is 5.69 Å². The van der Waals surface area contributed by atoms with E-state index in [0.717, 1.165) is 22.7 Å². The molecule has 3 heteroatoms. The molecule has 0 heterocycles. The molecule has 0 aliphatic rings. The molecule has 0 aromatic heterocycles. The third-order valence-corrected chi connectivity index (χ3v) is 3.21. The van der Waals surface area contributed by atoms with Crippen molar-refractivity contribution in [1.82, 2.24) is 0 Å². The van der Waals surface area contributed by atoms with Crippen molar-refractivity contribution in [3.05, 3.63) is 42.0 Å². The van der Waals surface area contributed by atoms with Crippen molar-refractivity contribution in [2.45, 2.75) is 6.92 Å². The summed E-state index contributed by atoms with van der Waals surface area (Å²) in [4.78, 5) is 0. The third-order valence-electron chi connectivity index (χ3n) is 3.21. The molecular formula is C16H19NO2. The first-order valence-electron chi connectivity index (χ1n) is 6.21. The van der Waals surface area contributed by atoms with Crippen molar-refractivity contribution in [2.24, 2.45) is 0 Å². The maximum Gasteiger partial charge on any atom is 0.161 e. The van der Waals surface area contributed by atoms with Gasteiger partial charge in [-0.2, -0.15) is 0 Å². The lowest BCUT2D eigenvalue weighted by Crippen LogP contribution is -1.96. The van der Waals surface area contributed by atoms with Crippen LogP contribution >= 0.6 is 0 Å². The minimum Gasteiger partial charge on any atom is -0.493 e. The van der Waals surface area contributed by atoms with E-state index in [1.807, 2.05) is 31.3 Å². The fourth-order valence-corrected chi connectivity index (χ4v) is 2.25. The largest absolute Gasteiger partial charge is 0.493 e. The van der Waals surface area contributed by atoms with Gasteiger partial charge in [0.2, 0.25) is 0 Å². The van der Waals surface area contributed by atoms with Gasteiger partial charge in [0.1, 0.15) is 0 Å². The average Bonchev–Trinajstić information content (AvgIpc) is 2.46. The van der Waals surface area contributed by atoms with Crippen molar-refractivity contribution in [3.8, 4) is 22.6 Å². The second kappa shape index (κ2) is 5.65. The molecule has 0 saturated heterocycles. The Kier molecular flexibility index (Phi) is 3.95. The number of rotatable bonds is 4. The predicted molar refractivity (Wildman–Crippen MR) is 79.3 cm³/mol. The summed E-state index contributed by atoms with van der Waals surface area (Å²) in [5.74, 6) is 1.48. The molecule has 1 N–H and O–H groups in total. The number of anilines is 1. The van der Waals surface area contributed by atoms with E-state index in [1.54, 1.807) is 14.2 Å². The summed E-state index contributed by atoms with van der Waals surface area (Å²) < 4.78 is 10.6. The van der Waals surface area contributed by atoms with Crippen LogP contribution in [-0.2, 0) is 0 Å². The fourth-order valence-electron chi connectivity index (χ4n) is 2.25. The van der Waals surface area contributed by atoms with E-state index in [-0.39, 0.29) is 0 Å². The highest BCUT2D eigenvalue weighted by Gasteiger charge is 2.10. The van der Waals surface area contributed by atoms with E-state index >= 15 is 0 Å². The zero-order chi connectivity index (χ0) is 13.8. The molecule has 0 aliphatic carbocycles. The van der Waals surface area contributed by atoms with E-state index < -0.39 is 0 Å². The summed E-state index contributed by atoms with van der Waals surface area (Å²) in [6.45, 7) is 2.10. The lowest BCUT2D eigenvalue weighted by molar-refractivity contribution is 0.355. The molecule has 2 aromatic carbocycles. The molecule has 100 valence electrons. The van der Waals surface area contributed by atoms with Crippen molar-refractivity contribution in [1.29, 1.82) is 0 Å². The van der Waals surface area contributed by atoms with E-state index in [0.29, 0.717) is 0 Å². The minimum absolute atomic E-state index is 0.741. The molecule has 0 bridgehead atoms. The summed E-state index contributed by atoms with van der Waals surface area (Å²) in [5.41, 5.74) is 4.62. The monoisotopic (exact) mass is 257 g/mol. The van der Waals surface area contributed by atoms with Gasteiger partial charge in [0.15, 0.2) is 11.5 Å². The van der Waals surface area contributed by atoms with Crippen LogP contribution in [0.15, 0.2) is 36.4 Å². The fraction of sp³-hybridized carbons (Fsp3) is 0.250. The van der Waals surface area contributed by atoms with Gasteiger partial charge in [-0.1, -0.05) is 18.2 Å². The van der Waals surface area contributed by atoms with Crippen LogP contribution in [0.1, 0.15) is 5.56 Å². The number of benzene rings is 2. The Morgan fingerprint density at radius 3 is 2.32 bits per heavy atom. The zero-order valence-corrected chi connectivity index (χ0v) is 11.8. The quantitative estimate of drug-likeness (QED) is 0.905. The Bertz CT molecular complexity index is 579. The molecular weight excluding hydrogens is 238 g/mol. The smallest absolute Gasteiger partial charge is 0.161 e. The van der Waals surface area contributed by atoms with Gasteiger partial charge in [-0.05, 0) is 36.2 Å². The maximum absolute atomic E-state index is 5.37. The molecule has 3 nitrogen and oxygen atoms in total. The molecule has 2 aromatic rings. The first kappa shape index (κ1) is 13.3. The van der Waals surface area contributed by atoms with E-state index in [9.17, 15) is 0 Å². The molecule has 0 aliphatic heterocycles. The Labute approximate surface area is 114 Å². The Morgan fingerprint density at radius 1 is 0.947 bits per heavy atom. The van der Waals surface area contributed by atoms with Crippen LogP contribution in [0.4, 0.5) is 5.69 Å². The van der Waals surface area contributed by atoms with Gasteiger partial charge in [-0.25, -0.2) is 0 Å². The molecule has 19 heavy (non-hydrogen) atoms. The van der Waals surface area contributed by atoms with Crippen LogP contribution in [0.5, 0.6) is 11.5 Å². The predicted octanol–water partition coefficient (Wildman–Crippen LogP) is 3.72. The number of hydrogen-bond acceptors (Lipinski definition) is 3. The Hall–Kier alpha value is -2.16. The van der Waals surface area contributed by atoms with E-state index in [4.69, 9.17) is 9.47 Å². The number of aryl methyl sites for hydroxylation is 1.